The van der Waals surface area contributed by atoms with Crippen molar-refractivity contribution in [2.24, 2.45) is 17.0 Å². The molecule has 0 unspecified atom stereocenters. The Labute approximate surface area is 89.4 Å². The predicted molar refractivity (Wildman–Crippen MR) is 61.5 cm³/mol. The Hall–Kier alpha value is 0.200. The van der Waals surface area contributed by atoms with Crippen molar-refractivity contribution in [3.05, 3.63) is 0 Å². The van der Waals surface area contributed by atoms with Crippen LogP contribution in [0.1, 0.15) is 40.5 Å². The maximum atomic E-state index is 4.76. The molecule has 0 amide bonds. The number of halogens is 1. The van der Waals surface area contributed by atoms with Crippen LogP contribution >= 0.6 is 23.0 Å². The molecule has 0 saturated carbocycles. The van der Waals surface area contributed by atoms with Crippen molar-refractivity contribution in [2.75, 3.05) is 0 Å². The first kappa shape index (κ1) is 12.2. The Morgan fingerprint density at radius 1 is 1.33 bits per heavy atom. The van der Waals surface area contributed by atoms with Crippen LogP contribution in [0.25, 0.3) is 0 Å². The first-order valence-electron chi connectivity index (χ1n) is 4.42. The van der Waals surface area contributed by atoms with Gasteiger partial charge in [0, 0.05) is 0 Å². The topological polar surface area (TPSA) is 21.6 Å². The van der Waals surface area contributed by atoms with E-state index < -0.39 is 0 Å². The minimum atomic E-state index is 0.499. The summed E-state index contributed by atoms with van der Waals surface area (Å²) in [7, 11) is 0. The van der Waals surface area contributed by atoms with Crippen LogP contribution in [0, 0.1) is 11.8 Å². The normalized spacial score (nSPS) is 12.8. The molecular weight excluding hydrogens is 265 g/mol. The minimum absolute atomic E-state index is 0.499. The summed E-state index contributed by atoms with van der Waals surface area (Å²) in [5, 5.41) is 4.00. The van der Waals surface area contributed by atoms with E-state index in [1.165, 1.54) is 6.42 Å². The van der Waals surface area contributed by atoms with Crippen molar-refractivity contribution in [3.63, 3.8) is 0 Å². The quantitative estimate of drug-likeness (QED) is 0.427. The van der Waals surface area contributed by atoms with Gasteiger partial charge in [-0.2, -0.15) is 0 Å². The molecule has 0 aromatic carbocycles. The van der Waals surface area contributed by atoms with Gasteiger partial charge in [-0.15, -0.1) is 0 Å². The highest BCUT2D eigenvalue weighted by Crippen LogP contribution is 2.11. The van der Waals surface area contributed by atoms with Gasteiger partial charge in [0.2, 0.25) is 23.0 Å². The van der Waals surface area contributed by atoms with Crippen LogP contribution in [0.15, 0.2) is 5.16 Å². The Morgan fingerprint density at radius 3 is 2.25 bits per heavy atom. The van der Waals surface area contributed by atoms with Crippen LogP contribution in [0.4, 0.5) is 0 Å². The third kappa shape index (κ3) is 5.80. The number of nitrogens with zero attached hydrogens (tertiary/aromatic N) is 1. The molecule has 0 radical (unpaired) electrons. The van der Waals surface area contributed by atoms with Crippen molar-refractivity contribution >= 4 is 28.7 Å². The molecule has 0 bridgehead atoms. The van der Waals surface area contributed by atoms with Crippen molar-refractivity contribution in [3.8, 4) is 0 Å². The van der Waals surface area contributed by atoms with Crippen molar-refractivity contribution < 1.29 is 3.17 Å². The van der Waals surface area contributed by atoms with E-state index >= 15 is 0 Å². The van der Waals surface area contributed by atoms with Crippen LogP contribution < -0.4 is 0 Å². The summed E-state index contributed by atoms with van der Waals surface area (Å²) in [4.78, 5) is 0. The van der Waals surface area contributed by atoms with Crippen molar-refractivity contribution in [2.45, 2.75) is 40.5 Å². The summed E-state index contributed by atoms with van der Waals surface area (Å²) in [5.41, 5.74) is 1.16. The molecular formula is C9H18INO. The second-order valence-corrected chi connectivity index (χ2v) is 4.13. The van der Waals surface area contributed by atoms with E-state index in [0.29, 0.717) is 5.92 Å². The maximum absolute atomic E-state index is 4.76. The van der Waals surface area contributed by atoms with Gasteiger partial charge in [0.1, 0.15) is 0 Å². The van der Waals surface area contributed by atoms with Crippen LogP contribution in [0.5, 0.6) is 0 Å². The lowest BCUT2D eigenvalue weighted by molar-refractivity contribution is 0.452. The van der Waals surface area contributed by atoms with Gasteiger partial charge < -0.3 is 3.17 Å². The van der Waals surface area contributed by atoms with Gasteiger partial charge in [0.15, 0.2) is 0 Å². The average molecular weight is 283 g/mol. The lowest BCUT2D eigenvalue weighted by Crippen LogP contribution is -2.08. The molecule has 0 aromatic heterocycles. The highest BCUT2D eigenvalue weighted by Gasteiger charge is 2.06. The first-order valence-corrected chi connectivity index (χ1v) is 5.30. The van der Waals surface area contributed by atoms with Gasteiger partial charge in [-0.05, 0) is 24.7 Å². The van der Waals surface area contributed by atoms with Crippen LogP contribution in [-0.2, 0) is 3.17 Å². The molecule has 0 heterocycles. The standard InChI is InChI=1S/C9H18INO/c1-7(2)5-6-9(8(3)4)11-12-10/h7-8H,5-6H2,1-4H3/b11-9+. The van der Waals surface area contributed by atoms with E-state index in [9.17, 15) is 0 Å². The van der Waals surface area contributed by atoms with E-state index in [1.807, 2.05) is 0 Å². The zero-order valence-electron chi connectivity index (χ0n) is 8.30. The largest absolute Gasteiger partial charge is 0.327 e. The Bertz CT molecular complexity index is 143. The summed E-state index contributed by atoms with van der Waals surface area (Å²) < 4.78 is 4.76. The molecule has 0 saturated heterocycles. The zero-order valence-corrected chi connectivity index (χ0v) is 10.5. The Kier molecular flexibility index (Phi) is 6.80. The summed E-state index contributed by atoms with van der Waals surface area (Å²) in [5.74, 6) is 1.24. The molecule has 0 aliphatic heterocycles. The van der Waals surface area contributed by atoms with Gasteiger partial charge in [-0.1, -0.05) is 32.9 Å². The molecule has 0 fully saturated rings. The molecule has 0 aromatic rings. The predicted octanol–water partition coefficient (Wildman–Crippen LogP) is 3.80. The Balaban J connectivity index is 3.89. The molecule has 0 aliphatic carbocycles. The summed E-state index contributed by atoms with van der Waals surface area (Å²) in [6, 6.07) is 0. The SMILES string of the molecule is CC(C)CC/C(=N\OI)C(C)C. The molecule has 2 nitrogen and oxygen atoms in total. The maximum Gasteiger partial charge on any atom is 0.230 e. The van der Waals surface area contributed by atoms with E-state index in [-0.39, 0.29) is 0 Å². The summed E-state index contributed by atoms with van der Waals surface area (Å²) >= 11 is 1.81. The highest BCUT2D eigenvalue weighted by molar-refractivity contribution is 14.1. The molecule has 0 spiro atoms. The zero-order chi connectivity index (χ0) is 9.56. The molecule has 0 atom stereocenters. The van der Waals surface area contributed by atoms with Gasteiger partial charge in [-0.25, -0.2) is 0 Å². The second kappa shape index (κ2) is 6.69. The fourth-order valence-electron chi connectivity index (χ4n) is 0.921. The fraction of sp³-hybridized carbons (Fsp3) is 0.889. The van der Waals surface area contributed by atoms with Crippen molar-refractivity contribution in [1.82, 2.24) is 0 Å². The molecule has 3 heteroatoms. The third-order valence-electron chi connectivity index (χ3n) is 1.80. The van der Waals surface area contributed by atoms with Gasteiger partial charge in [0.05, 0.1) is 5.71 Å². The van der Waals surface area contributed by atoms with E-state index in [4.69, 9.17) is 3.17 Å². The lowest BCUT2D eigenvalue weighted by atomic mass is 9.99. The molecule has 0 aliphatic rings. The fourth-order valence-corrected chi connectivity index (χ4v) is 1.17. The van der Waals surface area contributed by atoms with E-state index in [2.05, 4.69) is 32.9 Å². The molecule has 0 N–H and O–H groups in total. The average Bonchev–Trinajstić information content (AvgIpc) is 1.96. The van der Waals surface area contributed by atoms with Gasteiger partial charge in [0.25, 0.3) is 0 Å². The van der Waals surface area contributed by atoms with E-state index in [0.717, 1.165) is 18.1 Å². The Morgan fingerprint density at radius 2 is 1.92 bits per heavy atom. The van der Waals surface area contributed by atoms with Crippen LogP contribution in [-0.4, -0.2) is 5.71 Å². The first-order chi connectivity index (χ1) is 5.57. The molecule has 72 valence electrons. The number of oxime groups is 1. The second-order valence-electron chi connectivity index (χ2n) is 3.74. The van der Waals surface area contributed by atoms with Gasteiger partial charge in [-0.3, -0.25) is 0 Å². The molecule has 12 heavy (non-hydrogen) atoms. The van der Waals surface area contributed by atoms with Gasteiger partial charge >= 0.3 is 0 Å². The third-order valence-corrected chi connectivity index (χ3v) is 1.99. The number of rotatable bonds is 5. The smallest absolute Gasteiger partial charge is 0.230 e. The summed E-state index contributed by atoms with van der Waals surface area (Å²) in [6.07, 6.45) is 2.25. The number of hydrogen-bond donors (Lipinski definition) is 0. The van der Waals surface area contributed by atoms with Crippen LogP contribution in [0.2, 0.25) is 0 Å². The van der Waals surface area contributed by atoms with E-state index in [1.54, 1.807) is 23.0 Å². The summed E-state index contributed by atoms with van der Waals surface area (Å²) in [6.45, 7) is 8.75. The minimum Gasteiger partial charge on any atom is -0.327 e. The van der Waals surface area contributed by atoms with Crippen molar-refractivity contribution in [1.29, 1.82) is 0 Å². The highest BCUT2D eigenvalue weighted by atomic mass is 127. The van der Waals surface area contributed by atoms with Crippen LogP contribution in [0.3, 0.4) is 0 Å². The molecule has 0 rings (SSSR count). The monoisotopic (exact) mass is 283 g/mol. The lowest BCUT2D eigenvalue weighted by Gasteiger charge is -2.09. The number of hydrogen-bond acceptors (Lipinski definition) is 2.